The minimum absolute atomic E-state index is 0.137. The molecule has 2 N–H and O–H groups in total. The van der Waals surface area contributed by atoms with E-state index in [1.54, 1.807) is 65.7 Å². The van der Waals surface area contributed by atoms with E-state index >= 15 is 0 Å². The molecule has 0 unspecified atom stereocenters. The molecule has 0 fully saturated rings. The fraction of sp³-hybridized carbons (Fsp3) is 0.0870. The molecule has 0 aliphatic carbocycles. The van der Waals surface area contributed by atoms with Crippen LogP contribution in [0.3, 0.4) is 0 Å². The van der Waals surface area contributed by atoms with E-state index in [1.165, 1.54) is 23.5 Å². The van der Waals surface area contributed by atoms with Crippen molar-refractivity contribution in [3.8, 4) is 5.69 Å². The van der Waals surface area contributed by atoms with Crippen LogP contribution in [0.25, 0.3) is 5.69 Å². The van der Waals surface area contributed by atoms with Crippen molar-refractivity contribution >= 4 is 40.4 Å². The number of nitrogens with zero attached hydrogens (tertiary/aromatic N) is 2. The van der Waals surface area contributed by atoms with E-state index in [1.807, 2.05) is 0 Å². The number of hydrogen-bond donors (Lipinski definition) is 2. The average molecular weight is 469 g/mol. The number of imidazole rings is 1. The highest BCUT2D eigenvalue weighted by Gasteiger charge is 2.14. The lowest BCUT2D eigenvalue weighted by atomic mass is 10.1. The minimum Gasteiger partial charge on any atom is -0.348 e. The molecule has 4 rings (SSSR count). The number of carbonyl (C=O) groups is 2. The maximum Gasteiger partial charge on any atom is 0.265 e. The van der Waals surface area contributed by atoms with Gasteiger partial charge in [0.1, 0.15) is 11.6 Å². The zero-order valence-corrected chi connectivity index (χ0v) is 18.5. The third-order valence-electron chi connectivity index (χ3n) is 4.77. The number of rotatable bonds is 6. The monoisotopic (exact) mass is 468 g/mol. The van der Waals surface area contributed by atoms with Crippen molar-refractivity contribution in [3.63, 3.8) is 0 Å². The second-order valence-electron chi connectivity index (χ2n) is 6.94. The van der Waals surface area contributed by atoms with Crippen LogP contribution in [0.1, 0.15) is 31.4 Å². The maximum atomic E-state index is 14.6. The molecule has 9 heteroatoms. The predicted octanol–water partition coefficient (Wildman–Crippen LogP) is 5.22. The van der Waals surface area contributed by atoms with Gasteiger partial charge in [0.2, 0.25) is 0 Å². The van der Waals surface area contributed by atoms with Crippen LogP contribution in [0, 0.1) is 12.7 Å². The number of anilines is 1. The quantitative estimate of drug-likeness (QED) is 0.407. The van der Waals surface area contributed by atoms with Gasteiger partial charge in [-0.2, -0.15) is 0 Å². The van der Waals surface area contributed by atoms with E-state index in [-0.39, 0.29) is 18.4 Å². The Kier molecular flexibility index (Phi) is 6.34. The van der Waals surface area contributed by atoms with Gasteiger partial charge in [-0.25, -0.2) is 9.37 Å². The normalized spacial score (nSPS) is 10.7. The topological polar surface area (TPSA) is 76.0 Å². The summed E-state index contributed by atoms with van der Waals surface area (Å²) in [5.74, 6) is -0.413. The third kappa shape index (κ3) is 4.71. The molecule has 2 aromatic carbocycles. The summed E-state index contributed by atoms with van der Waals surface area (Å²) in [6.45, 7) is 1.93. The SMILES string of the molecule is Cc1nccn1-c1ccc(CNC(=O)c2ccc(Cl)c(NC(=O)c3cccs3)c2)cc1F. The van der Waals surface area contributed by atoms with Crippen molar-refractivity contribution < 1.29 is 14.0 Å². The van der Waals surface area contributed by atoms with E-state index in [9.17, 15) is 14.0 Å². The summed E-state index contributed by atoms with van der Waals surface area (Å²) in [5, 5.41) is 7.59. The zero-order valence-electron chi connectivity index (χ0n) is 16.9. The van der Waals surface area contributed by atoms with Crippen molar-refractivity contribution in [3.05, 3.63) is 99.0 Å². The van der Waals surface area contributed by atoms with E-state index in [4.69, 9.17) is 11.6 Å². The predicted molar refractivity (Wildman–Crippen MR) is 123 cm³/mol. The number of halogens is 2. The first-order valence-corrected chi connectivity index (χ1v) is 10.9. The summed E-state index contributed by atoms with van der Waals surface area (Å²) in [6.07, 6.45) is 3.29. The number of nitrogens with one attached hydrogen (secondary N) is 2. The van der Waals surface area contributed by atoms with Gasteiger partial charge in [0.15, 0.2) is 0 Å². The molecule has 2 aromatic heterocycles. The van der Waals surface area contributed by atoms with Gasteiger partial charge in [-0.1, -0.05) is 23.7 Å². The van der Waals surface area contributed by atoms with Crippen LogP contribution < -0.4 is 10.6 Å². The smallest absolute Gasteiger partial charge is 0.265 e. The highest BCUT2D eigenvalue weighted by molar-refractivity contribution is 7.12. The molecule has 0 bridgehead atoms. The van der Waals surface area contributed by atoms with Gasteiger partial charge < -0.3 is 15.2 Å². The van der Waals surface area contributed by atoms with E-state index in [2.05, 4.69) is 15.6 Å². The second kappa shape index (κ2) is 9.33. The largest absolute Gasteiger partial charge is 0.348 e. The molecule has 0 aliphatic rings. The first-order chi connectivity index (χ1) is 15.4. The summed E-state index contributed by atoms with van der Waals surface area (Å²) >= 11 is 7.48. The molecule has 6 nitrogen and oxygen atoms in total. The Hall–Kier alpha value is -3.49. The molecular weight excluding hydrogens is 451 g/mol. The lowest BCUT2D eigenvalue weighted by molar-refractivity contribution is 0.0949. The Balaban J connectivity index is 1.43. The first-order valence-electron chi connectivity index (χ1n) is 9.64. The molecule has 162 valence electrons. The van der Waals surface area contributed by atoms with Gasteiger partial charge in [-0.3, -0.25) is 9.59 Å². The Morgan fingerprint density at radius 1 is 1.16 bits per heavy atom. The molecule has 2 heterocycles. The summed E-state index contributed by atoms with van der Waals surface area (Å²) in [7, 11) is 0. The fourth-order valence-electron chi connectivity index (χ4n) is 3.13. The van der Waals surface area contributed by atoms with Gasteiger partial charge >= 0.3 is 0 Å². The number of aromatic nitrogens is 2. The maximum absolute atomic E-state index is 14.6. The Morgan fingerprint density at radius 2 is 2.00 bits per heavy atom. The van der Waals surface area contributed by atoms with Crippen LogP contribution in [0.15, 0.2) is 66.3 Å². The Morgan fingerprint density at radius 3 is 2.69 bits per heavy atom. The number of carbonyl (C=O) groups excluding carboxylic acids is 2. The van der Waals surface area contributed by atoms with Gasteiger partial charge in [0, 0.05) is 24.5 Å². The molecule has 0 radical (unpaired) electrons. The van der Waals surface area contributed by atoms with Gasteiger partial charge in [-0.05, 0) is 54.3 Å². The Labute approximate surface area is 192 Å². The lowest BCUT2D eigenvalue weighted by Crippen LogP contribution is -2.23. The van der Waals surface area contributed by atoms with Crippen LogP contribution >= 0.6 is 22.9 Å². The average Bonchev–Trinajstić information content (AvgIpc) is 3.46. The van der Waals surface area contributed by atoms with Crippen molar-refractivity contribution in [2.75, 3.05) is 5.32 Å². The van der Waals surface area contributed by atoms with Crippen LogP contribution in [0.5, 0.6) is 0 Å². The van der Waals surface area contributed by atoms with Gasteiger partial charge in [-0.15, -0.1) is 11.3 Å². The van der Waals surface area contributed by atoms with E-state index in [0.29, 0.717) is 38.2 Å². The highest BCUT2D eigenvalue weighted by atomic mass is 35.5. The molecular formula is C23H18ClFN4O2S. The highest BCUT2D eigenvalue weighted by Crippen LogP contribution is 2.24. The second-order valence-corrected chi connectivity index (χ2v) is 8.29. The number of aryl methyl sites for hydroxylation is 1. The standard InChI is InChI=1S/C23H18ClFN4O2S/c1-14-26-8-9-29(14)20-7-4-15(11-18(20)25)13-27-22(30)16-5-6-17(24)19(12-16)28-23(31)21-3-2-10-32-21/h2-12H,13H2,1H3,(H,27,30)(H,28,31). The molecule has 4 aromatic rings. The van der Waals surface area contributed by atoms with Crippen LogP contribution in [0.2, 0.25) is 5.02 Å². The van der Waals surface area contributed by atoms with E-state index in [0.717, 1.165) is 0 Å². The molecule has 0 spiro atoms. The fourth-order valence-corrected chi connectivity index (χ4v) is 3.91. The van der Waals surface area contributed by atoms with Crippen LogP contribution in [-0.2, 0) is 6.54 Å². The zero-order chi connectivity index (χ0) is 22.7. The number of thiophene rings is 1. The first kappa shape index (κ1) is 21.7. The molecule has 0 atom stereocenters. The van der Waals surface area contributed by atoms with Crippen molar-refractivity contribution in [1.82, 2.24) is 14.9 Å². The third-order valence-corrected chi connectivity index (χ3v) is 5.97. The lowest BCUT2D eigenvalue weighted by Gasteiger charge is -2.11. The summed E-state index contributed by atoms with van der Waals surface area (Å²) in [5.41, 5.74) is 1.65. The summed E-state index contributed by atoms with van der Waals surface area (Å²) in [6, 6.07) is 12.9. The van der Waals surface area contributed by atoms with Crippen molar-refractivity contribution in [2.45, 2.75) is 13.5 Å². The number of amides is 2. The molecule has 32 heavy (non-hydrogen) atoms. The Bertz CT molecular complexity index is 1290. The number of benzene rings is 2. The number of hydrogen-bond acceptors (Lipinski definition) is 4. The molecule has 0 aliphatic heterocycles. The van der Waals surface area contributed by atoms with E-state index < -0.39 is 5.82 Å². The molecule has 0 saturated carbocycles. The summed E-state index contributed by atoms with van der Waals surface area (Å²) in [4.78, 5) is 29.5. The van der Waals surface area contributed by atoms with Crippen LogP contribution in [0.4, 0.5) is 10.1 Å². The van der Waals surface area contributed by atoms with Crippen LogP contribution in [-0.4, -0.2) is 21.4 Å². The summed E-state index contributed by atoms with van der Waals surface area (Å²) < 4.78 is 16.2. The molecule has 2 amide bonds. The van der Waals surface area contributed by atoms with Crippen molar-refractivity contribution in [2.24, 2.45) is 0 Å². The van der Waals surface area contributed by atoms with Gasteiger partial charge in [0.05, 0.1) is 21.3 Å². The van der Waals surface area contributed by atoms with Crippen molar-refractivity contribution in [1.29, 1.82) is 0 Å². The minimum atomic E-state index is -0.414. The molecule has 0 saturated heterocycles. The van der Waals surface area contributed by atoms with Gasteiger partial charge in [0.25, 0.3) is 11.8 Å².